The average molecular weight is 904 g/mol. The average Bonchev–Trinajstić information content (AvgIpc) is 4.07. The van der Waals surface area contributed by atoms with E-state index in [1.165, 1.54) is 0 Å². The molecule has 12 nitrogen and oxygen atoms in total. The molecule has 0 bridgehead atoms. The number of hydrogen-bond donors (Lipinski definition) is 0. The van der Waals surface area contributed by atoms with Gasteiger partial charge in [0.25, 0.3) is 16.7 Å². The Balaban J connectivity index is 0.000000120. The van der Waals surface area contributed by atoms with Crippen LogP contribution in [0.25, 0.3) is 32.7 Å². The van der Waals surface area contributed by atoms with Crippen molar-refractivity contribution in [2.24, 2.45) is 17.8 Å². The molecule has 0 saturated heterocycles. The van der Waals surface area contributed by atoms with Gasteiger partial charge in [-0.3, -0.25) is 28.1 Å². The Hall–Kier alpha value is -8.79. The molecule has 3 aliphatic heterocycles. The normalized spacial score (nSPS) is 16.0. The van der Waals surface area contributed by atoms with Crippen molar-refractivity contribution >= 4 is 32.7 Å². The van der Waals surface area contributed by atoms with Crippen LogP contribution in [0.4, 0.5) is 0 Å². The van der Waals surface area contributed by atoms with Crippen LogP contribution in [0.5, 0.6) is 0 Å². The summed E-state index contributed by atoms with van der Waals surface area (Å²) < 4.78 is 5.39. The molecule has 336 valence electrons. The van der Waals surface area contributed by atoms with Crippen molar-refractivity contribution in [1.82, 2.24) is 43.6 Å². The Morgan fingerprint density at radius 3 is 0.986 bits per heavy atom. The topological polar surface area (TPSA) is 143 Å². The zero-order chi connectivity index (χ0) is 47.4. The van der Waals surface area contributed by atoms with E-state index in [1.54, 1.807) is 32.3 Å². The highest BCUT2D eigenvalue weighted by atomic mass is 16.1. The van der Waals surface area contributed by atoms with Crippen molar-refractivity contribution < 1.29 is 0 Å². The van der Waals surface area contributed by atoms with Crippen LogP contribution in [0.1, 0.15) is 72.0 Å². The molecule has 3 aromatic carbocycles. The molecule has 12 heteroatoms. The van der Waals surface area contributed by atoms with Gasteiger partial charge in [-0.05, 0) is 127 Å². The van der Waals surface area contributed by atoms with Crippen LogP contribution in [-0.4, -0.2) is 43.6 Å². The lowest BCUT2D eigenvalue weighted by Crippen LogP contribution is -2.21. The second kappa shape index (κ2) is 19.2. The minimum Gasteiger partial charge on any atom is -0.296 e. The van der Waals surface area contributed by atoms with E-state index in [2.05, 4.69) is 86.2 Å². The van der Waals surface area contributed by atoms with E-state index in [0.29, 0.717) is 33.9 Å². The molecule has 0 saturated carbocycles. The number of benzene rings is 3. The number of rotatable bonds is 0. The van der Waals surface area contributed by atoms with Gasteiger partial charge in [0.05, 0.1) is 32.7 Å². The predicted octanol–water partition coefficient (Wildman–Crippen LogP) is 7.15. The van der Waals surface area contributed by atoms with Crippen molar-refractivity contribution in [3.63, 3.8) is 0 Å². The maximum atomic E-state index is 12.5. The zero-order valence-electron chi connectivity index (χ0n) is 38.3. The molecule has 9 aromatic rings. The van der Waals surface area contributed by atoms with Gasteiger partial charge < -0.3 is 0 Å². The maximum absolute atomic E-state index is 12.5. The number of hydrogen-bond acceptors (Lipinski definition) is 9. The fourth-order valence-electron chi connectivity index (χ4n) is 8.85. The van der Waals surface area contributed by atoms with Gasteiger partial charge in [-0.25, -0.2) is 29.9 Å². The molecule has 0 spiro atoms. The van der Waals surface area contributed by atoms with Gasteiger partial charge in [0.15, 0.2) is 0 Å². The highest BCUT2D eigenvalue weighted by molar-refractivity contribution is 5.81. The lowest BCUT2D eigenvalue weighted by Gasteiger charge is -2.05. The van der Waals surface area contributed by atoms with Crippen LogP contribution in [0.15, 0.2) is 142 Å². The summed E-state index contributed by atoms with van der Waals surface area (Å²) in [4.78, 5) is 64.1. The van der Waals surface area contributed by atoms with Gasteiger partial charge in [-0.15, -0.1) is 0 Å². The third-order valence-corrected chi connectivity index (χ3v) is 12.2. The Kier molecular flexibility index (Phi) is 12.3. The SMILES string of the molecule is CC1Cc2nc3cc(C#Cc4ccccn4)ccc3c(=O)n2C1.CC1Cc2nc3cc(C#Cc4ccccn4)ccc3c(=O)n2C1.CC1Cc2nc3cc(C#Cc4ccccn4)ccc3c(=O)n2C1. The molecular weight excluding hydrogens is 859 g/mol. The first kappa shape index (κ1) is 44.1. The predicted molar refractivity (Wildman–Crippen MR) is 267 cm³/mol. The van der Waals surface area contributed by atoms with Gasteiger partial charge in [-0.2, -0.15) is 0 Å². The van der Waals surface area contributed by atoms with Gasteiger partial charge in [-0.1, -0.05) is 56.7 Å². The fraction of sp³-hybridized carbons (Fsp3) is 0.211. The molecule has 0 fully saturated rings. The monoisotopic (exact) mass is 903 g/mol. The Morgan fingerprint density at radius 2 is 0.710 bits per heavy atom. The Bertz CT molecular complexity index is 3430. The summed E-state index contributed by atoms with van der Waals surface area (Å²) in [6.45, 7) is 8.71. The first-order valence-corrected chi connectivity index (χ1v) is 23.0. The van der Waals surface area contributed by atoms with E-state index in [9.17, 15) is 14.4 Å². The summed E-state index contributed by atoms with van der Waals surface area (Å²) in [5, 5.41) is 1.98. The standard InChI is InChI=1S/3C19H15N3O/c3*1-13-10-18-21-17-11-14(5-7-15-4-2-3-9-20-15)6-8-16(17)19(23)22(18)12-13/h3*2-4,6,8-9,11,13H,10,12H2,1H3. The summed E-state index contributed by atoms with van der Waals surface area (Å²) >= 11 is 0. The smallest absolute Gasteiger partial charge is 0.261 e. The van der Waals surface area contributed by atoms with Crippen molar-refractivity contribution in [2.45, 2.75) is 59.7 Å². The molecule has 12 rings (SSSR count). The Labute approximate surface area is 397 Å². The van der Waals surface area contributed by atoms with E-state index in [1.807, 2.05) is 109 Å². The molecule has 69 heavy (non-hydrogen) atoms. The quantitative estimate of drug-likeness (QED) is 0.145. The molecule has 3 aliphatic rings. The van der Waals surface area contributed by atoms with Gasteiger partial charge in [0.1, 0.15) is 34.6 Å². The van der Waals surface area contributed by atoms with Crippen LogP contribution >= 0.6 is 0 Å². The lowest BCUT2D eigenvalue weighted by atomic mass is 10.1. The fourth-order valence-corrected chi connectivity index (χ4v) is 8.85. The van der Waals surface area contributed by atoms with E-state index < -0.39 is 0 Å². The summed E-state index contributed by atoms with van der Waals surface area (Å²) in [5.41, 5.74) is 7.03. The van der Waals surface area contributed by atoms with E-state index in [-0.39, 0.29) is 16.7 Å². The van der Waals surface area contributed by atoms with Crippen LogP contribution < -0.4 is 16.7 Å². The third-order valence-electron chi connectivity index (χ3n) is 12.2. The van der Waals surface area contributed by atoms with Gasteiger partial charge in [0, 0.05) is 74.2 Å². The summed E-state index contributed by atoms with van der Waals surface area (Å²) in [5.74, 6) is 22.4. The molecule has 9 heterocycles. The number of fused-ring (bicyclic) bond motifs is 6. The second-order valence-electron chi connectivity index (χ2n) is 17.8. The molecule has 3 atom stereocenters. The van der Waals surface area contributed by atoms with E-state index >= 15 is 0 Å². The molecule has 0 N–H and O–H groups in total. The first-order valence-electron chi connectivity index (χ1n) is 23.0. The van der Waals surface area contributed by atoms with Crippen LogP contribution in [0.3, 0.4) is 0 Å². The number of nitrogens with zero attached hydrogens (tertiary/aromatic N) is 9. The largest absolute Gasteiger partial charge is 0.296 e. The maximum Gasteiger partial charge on any atom is 0.261 e. The molecule has 0 amide bonds. The highest BCUT2D eigenvalue weighted by Crippen LogP contribution is 2.22. The number of pyridine rings is 3. The summed E-state index contributed by atoms with van der Waals surface area (Å²) in [7, 11) is 0. The van der Waals surface area contributed by atoms with Gasteiger partial charge >= 0.3 is 0 Å². The van der Waals surface area contributed by atoms with Crippen molar-refractivity contribution in [3.05, 3.63) is 210 Å². The molecule has 6 aromatic heterocycles. The number of aromatic nitrogens is 9. The molecular formula is C57H45N9O3. The first-order chi connectivity index (χ1) is 33.6. The van der Waals surface area contributed by atoms with E-state index in [4.69, 9.17) is 0 Å². The minimum atomic E-state index is 0.0542. The zero-order valence-corrected chi connectivity index (χ0v) is 38.3. The molecule has 0 radical (unpaired) electrons. The minimum absolute atomic E-state index is 0.0542. The highest BCUT2D eigenvalue weighted by Gasteiger charge is 2.24. The summed E-state index contributed by atoms with van der Waals surface area (Å²) in [6.07, 6.45) is 7.73. The van der Waals surface area contributed by atoms with Crippen LogP contribution in [0, 0.1) is 53.3 Å². The van der Waals surface area contributed by atoms with Gasteiger partial charge in [0.2, 0.25) is 0 Å². The molecule has 3 unspecified atom stereocenters. The van der Waals surface area contributed by atoms with Crippen LogP contribution in [0.2, 0.25) is 0 Å². The molecule has 0 aliphatic carbocycles. The van der Waals surface area contributed by atoms with Crippen molar-refractivity contribution in [3.8, 4) is 35.5 Å². The van der Waals surface area contributed by atoms with Crippen LogP contribution in [-0.2, 0) is 38.9 Å². The van der Waals surface area contributed by atoms with E-state index in [0.717, 1.165) is 107 Å². The van der Waals surface area contributed by atoms with Crippen molar-refractivity contribution in [2.75, 3.05) is 0 Å². The lowest BCUT2D eigenvalue weighted by molar-refractivity contribution is 0.558. The second-order valence-corrected chi connectivity index (χ2v) is 17.8. The summed E-state index contributed by atoms with van der Waals surface area (Å²) in [6, 6.07) is 33.6. The third kappa shape index (κ3) is 9.72. The Morgan fingerprint density at radius 1 is 0.406 bits per heavy atom. The van der Waals surface area contributed by atoms with Crippen molar-refractivity contribution in [1.29, 1.82) is 0 Å².